The van der Waals surface area contributed by atoms with Crippen LogP contribution in [-0.2, 0) is 6.61 Å². The van der Waals surface area contributed by atoms with E-state index in [-0.39, 0.29) is 6.61 Å². The maximum atomic E-state index is 9.07. The molecule has 0 saturated heterocycles. The van der Waals surface area contributed by atoms with Gasteiger partial charge in [0.05, 0.1) is 6.61 Å². The molecule has 2 rings (SSSR count). The lowest BCUT2D eigenvalue weighted by molar-refractivity contribution is 0.284. The molecule has 0 bridgehead atoms. The molecule has 0 spiro atoms. The minimum Gasteiger partial charge on any atom is -0.399 e. The Morgan fingerprint density at radius 3 is 2.92 bits per heavy atom. The van der Waals surface area contributed by atoms with E-state index < -0.39 is 0 Å². The highest BCUT2D eigenvalue weighted by Gasteiger charge is 2.07. The number of hydrogen-bond acceptors (Lipinski definition) is 3. The van der Waals surface area contributed by atoms with Crippen molar-refractivity contribution in [2.45, 2.75) is 6.61 Å². The van der Waals surface area contributed by atoms with Gasteiger partial charge in [-0.05, 0) is 23.1 Å². The Morgan fingerprint density at radius 1 is 1.46 bits per heavy atom. The molecule has 4 heteroatoms. The third kappa shape index (κ3) is 1.45. The number of fused-ring (bicyclic) bond motifs is 1. The molecule has 1 aromatic heterocycles. The number of thiophene rings is 1. The van der Waals surface area contributed by atoms with E-state index in [4.69, 9.17) is 10.8 Å². The third-order valence-corrected chi connectivity index (χ3v) is 3.50. The van der Waals surface area contributed by atoms with Gasteiger partial charge < -0.3 is 10.8 Å². The van der Waals surface area contributed by atoms with Crippen molar-refractivity contribution in [1.29, 1.82) is 0 Å². The molecule has 0 fully saturated rings. The van der Waals surface area contributed by atoms with E-state index in [0.717, 1.165) is 25.8 Å². The average Bonchev–Trinajstić information content (AvgIpc) is 2.47. The molecule has 0 radical (unpaired) electrons. The van der Waals surface area contributed by atoms with Gasteiger partial charge in [0, 0.05) is 20.2 Å². The van der Waals surface area contributed by atoms with Crippen LogP contribution in [0.4, 0.5) is 5.69 Å². The first-order chi connectivity index (χ1) is 6.22. The molecule has 2 aromatic rings. The van der Waals surface area contributed by atoms with Crippen LogP contribution < -0.4 is 5.73 Å². The topological polar surface area (TPSA) is 46.2 Å². The Bertz CT molecular complexity index is 452. The largest absolute Gasteiger partial charge is 0.399 e. The third-order valence-electron chi connectivity index (χ3n) is 1.90. The highest BCUT2D eigenvalue weighted by molar-refractivity contribution is 9.10. The average molecular weight is 258 g/mol. The molecule has 1 aromatic carbocycles. The lowest BCUT2D eigenvalue weighted by Gasteiger charge is -1.99. The lowest BCUT2D eigenvalue weighted by atomic mass is 10.2. The van der Waals surface area contributed by atoms with Crippen LogP contribution >= 0.6 is 27.3 Å². The smallest absolute Gasteiger partial charge is 0.0696 e. The Kier molecular flexibility index (Phi) is 2.27. The molecule has 3 N–H and O–H groups in total. The number of anilines is 1. The summed E-state index contributed by atoms with van der Waals surface area (Å²) >= 11 is 5.03. The van der Waals surface area contributed by atoms with Crippen molar-refractivity contribution < 1.29 is 5.11 Å². The first kappa shape index (κ1) is 8.99. The Balaban J connectivity index is 2.82. The van der Waals surface area contributed by atoms with E-state index >= 15 is 0 Å². The van der Waals surface area contributed by atoms with Crippen LogP contribution in [0.15, 0.2) is 22.0 Å². The number of hydrogen-bond donors (Lipinski definition) is 2. The molecule has 0 aliphatic rings. The van der Waals surface area contributed by atoms with Gasteiger partial charge in [0.2, 0.25) is 0 Å². The van der Waals surface area contributed by atoms with Crippen LogP contribution in [0.3, 0.4) is 0 Å². The van der Waals surface area contributed by atoms with Crippen LogP contribution in [0.2, 0.25) is 0 Å². The van der Waals surface area contributed by atoms with Crippen molar-refractivity contribution in [3.63, 3.8) is 0 Å². The van der Waals surface area contributed by atoms with Crippen LogP contribution in [0.25, 0.3) is 10.1 Å². The second-order valence-corrected chi connectivity index (χ2v) is 4.56. The van der Waals surface area contributed by atoms with Crippen molar-refractivity contribution in [1.82, 2.24) is 0 Å². The summed E-state index contributed by atoms with van der Waals surface area (Å²) in [5.74, 6) is 0. The zero-order valence-electron chi connectivity index (χ0n) is 6.75. The quantitative estimate of drug-likeness (QED) is 0.772. The number of aliphatic hydroxyl groups is 1. The van der Waals surface area contributed by atoms with Gasteiger partial charge in [-0.3, -0.25) is 0 Å². The fraction of sp³-hybridized carbons (Fsp3) is 0.111. The van der Waals surface area contributed by atoms with E-state index in [1.54, 1.807) is 11.3 Å². The van der Waals surface area contributed by atoms with E-state index in [9.17, 15) is 0 Å². The second kappa shape index (κ2) is 3.29. The standard InChI is InChI=1S/C9H8BrNOS/c10-7-1-6(11)2-8-9(7)5(3-12)4-13-8/h1-2,4,12H,3,11H2. The molecule has 1 heterocycles. The van der Waals surface area contributed by atoms with Gasteiger partial charge in [-0.1, -0.05) is 15.9 Å². The van der Waals surface area contributed by atoms with Gasteiger partial charge in [-0.2, -0.15) is 0 Å². The van der Waals surface area contributed by atoms with Gasteiger partial charge >= 0.3 is 0 Å². The fourth-order valence-electron chi connectivity index (χ4n) is 1.32. The summed E-state index contributed by atoms with van der Waals surface area (Å²) in [6.07, 6.45) is 0. The molecule has 0 aliphatic heterocycles. The van der Waals surface area contributed by atoms with Crippen molar-refractivity contribution in [3.8, 4) is 0 Å². The molecule has 0 saturated carbocycles. The Hall–Kier alpha value is -0.580. The van der Waals surface area contributed by atoms with Gasteiger partial charge in [0.25, 0.3) is 0 Å². The minimum atomic E-state index is 0.0719. The zero-order chi connectivity index (χ0) is 9.42. The monoisotopic (exact) mass is 257 g/mol. The Labute approximate surface area is 88.1 Å². The molecular weight excluding hydrogens is 250 g/mol. The summed E-state index contributed by atoms with van der Waals surface area (Å²) < 4.78 is 2.06. The highest BCUT2D eigenvalue weighted by atomic mass is 79.9. The Morgan fingerprint density at radius 2 is 2.23 bits per heavy atom. The predicted octanol–water partition coefficient (Wildman–Crippen LogP) is 2.74. The van der Waals surface area contributed by atoms with Crippen molar-refractivity contribution in [2.75, 3.05) is 5.73 Å². The molecule has 0 atom stereocenters. The van der Waals surface area contributed by atoms with Crippen LogP contribution in [0, 0.1) is 0 Å². The van der Waals surface area contributed by atoms with Crippen LogP contribution in [0.5, 0.6) is 0 Å². The summed E-state index contributed by atoms with van der Waals surface area (Å²) in [6, 6.07) is 3.78. The minimum absolute atomic E-state index is 0.0719. The maximum absolute atomic E-state index is 9.07. The van der Waals surface area contributed by atoms with E-state index in [1.807, 2.05) is 17.5 Å². The number of nitrogens with two attached hydrogens (primary N) is 1. The van der Waals surface area contributed by atoms with Gasteiger partial charge in [-0.15, -0.1) is 11.3 Å². The van der Waals surface area contributed by atoms with E-state index in [1.165, 1.54) is 0 Å². The normalized spacial score (nSPS) is 10.9. The number of rotatable bonds is 1. The molecule has 0 aliphatic carbocycles. The van der Waals surface area contributed by atoms with Gasteiger partial charge in [0.15, 0.2) is 0 Å². The summed E-state index contributed by atoms with van der Waals surface area (Å²) in [4.78, 5) is 0. The van der Waals surface area contributed by atoms with Gasteiger partial charge in [-0.25, -0.2) is 0 Å². The van der Waals surface area contributed by atoms with Crippen LogP contribution in [0.1, 0.15) is 5.56 Å². The summed E-state index contributed by atoms with van der Waals surface area (Å²) in [5, 5.41) is 12.1. The number of aliphatic hydroxyl groups excluding tert-OH is 1. The van der Waals surface area contributed by atoms with Crippen molar-refractivity contribution >= 4 is 43.0 Å². The number of nitrogen functional groups attached to an aromatic ring is 1. The van der Waals surface area contributed by atoms with Gasteiger partial charge in [0.1, 0.15) is 0 Å². The van der Waals surface area contributed by atoms with E-state index in [2.05, 4.69) is 15.9 Å². The summed E-state index contributed by atoms with van der Waals surface area (Å²) in [5.41, 5.74) is 7.38. The molecule has 0 amide bonds. The van der Waals surface area contributed by atoms with Crippen molar-refractivity contribution in [3.05, 3.63) is 27.5 Å². The first-order valence-corrected chi connectivity index (χ1v) is 5.45. The van der Waals surface area contributed by atoms with Crippen LogP contribution in [-0.4, -0.2) is 5.11 Å². The van der Waals surface area contributed by atoms with Crippen molar-refractivity contribution in [2.24, 2.45) is 0 Å². The molecular formula is C9H8BrNOS. The molecule has 0 unspecified atom stereocenters. The summed E-state index contributed by atoms with van der Waals surface area (Å²) in [7, 11) is 0. The maximum Gasteiger partial charge on any atom is 0.0696 e. The number of halogens is 1. The number of benzene rings is 1. The predicted molar refractivity (Wildman–Crippen MR) is 59.9 cm³/mol. The zero-order valence-corrected chi connectivity index (χ0v) is 9.15. The SMILES string of the molecule is Nc1cc(Br)c2c(CO)csc2c1. The molecule has 68 valence electrons. The highest BCUT2D eigenvalue weighted by Crippen LogP contribution is 2.34. The first-order valence-electron chi connectivity index (χ1n) is 3.78. The molecule has 2 nitrogen and oxygen atoms in total. The lowest BCUT2D eigenvalue weighted by Crippen LogP contribution is -1.85. The summed E-state index contributed by atoms with van der Waals surface area (Å²) in [6.45, 7) is 0.0719. The van der Waals surface area contributed by atoms with E-state index in [0.29, 0.717) is 0 Å². The second-order valence-electron chi connectivity index (χ2n) is 2.79. The molecule has 13 heavy (non-hydrogen) atoms. The fourth-order valence-corrected chi connectivity index (χ4v) is 3.20.